The topological polar surface area (TPSA) is 40.5 Å². The van der Waals surface area contributed by atoms with Crippen LogP contribution in [-0.4, -0.2) is 16.8 Å². The molecule has 0 saturated carbocycles. The van der Waals surface area contributed by atoms with Crippen molar-refractivity contribution < 1.29 is 10.2 Å². The molecular formula is C34H66O2. The zero-order valence-electron chi connectivity index (χ0n) is 24.7. The maximum Gasteiger partial charge on any atom is 0.0751 e. The Kier molecular flexibility index (Phi) is 39.7. The van der Waals surface area contributed by atoms with Gasteiger partial charge >= 0.3 is 0 Å². The highest BCUT2D eigenvalue weighted by molar-refractivity contribution is 5.02. The highest BCUT2D eigenvalue weighted by atomic mass is 16.3. The minimum Gasteiger partial charge on any atom is -0.516 e. The average molecular weight is 507 g/mol. The number of aliphatic hydroxyl groups is 2. The highest BCUT2D eigenvalue weighted by Crippen LogP contribution is 2.13. The van der Waals surface area contributed by atoms with Crippen molar-refractivity contribution in [2.24, 2.45) is 0 Å². The summed E-state index contributed by atoms with van der Waals surface area (Å²) in [7, 11) is 0. The first-order valence-electron chi connectivity index (χ1n) is 16.0. The van der Waals surface area contributed by atoms with Crippen LogP contribution >= 0.6 is 0 Å². The van der Waals surface area contributed by atoms with E-state index in [1.807, 2.05) is 6.08 Å². The molecule has 0 bridgehead atoms. The maximum absolute atomic E-state index is 8.63. The van der Waals surface area contributed by atoms with Gasteiger partial charge in [0.2, 0.25) is 0 Å². The molecule has 0 amide bonds. The number of hydrogen-bond acceptors (Lipinski definition) is 2. The van der Waals surface area contributed by atoms with Gasteiger partial charge in [0, 0.05) is 6.61 Å². The third-order valence-corrected chi connectivity index (χ3v) is 6.70. The molecule has 2 nitrogen and oxygen atoms in total. The predicted molar refractivity (Wildman–Crippen MR) is 164 cm³/mol. The molecule has 214 valence electrons. The molecule has 0 radical (unpaired) electrons. The fraction of sp³-hybridized carbons (Fsp3) is 0.824. The van der Waals surface area contributed by atoms with E-state index < -0.39 is 0 Å². The molecular weight excluding hydrogens is 440 g/mol. The van der Waals surface area contributed by atoms with Crippen LogP contribution in [0.3, 0.4) is 0 Å². The Balaban J connectivity index is 0. The van der Waals surface area contributed by atoms with Crippen molar-refractivity contribution >= 4 is 0 Å². The van der Waals surface area contributed by atoms with Crippen molar-refractivity contribution in [1.29, 1.82) is 0 Å². The number of unbranched alkanes of at least 4 members (excludes halogenated alkanes) is 22. The van der Waals surface area contributed by atoms with Crippen molar-refractivity contribution in [1.82, 2.24) is 0 Å². The van der Waals surface area contributed by atoms with Crippen molar-refractivity contribution in [2.75, 3.05) is 6.61 Å². The van der Waals surface area contributed by atoms with Gasteiger partial charge in [-0.2, -0.15) is 0 Å². The van der Waals surface area contributed by atoms with Gasteiger partial charge in [-0.25, -0.2) is 0 Å². The number of aliphatic hydroxyl groups excluding tert-OH is 2. The summed E-state index contributed by atoms with van der Waals surface area (Å²) in [6.07, 6.45) is 45.0. The van der Waals surface area contributed by atoms with Gasteiger partial charge in [0.15, 0.2) is 0 Å². The van der Waals surface area contributed by atoms with E-state index in [1.165, 1.54) is 154 Å². The predicted octanol–water partition coefficient (Wildman–Crippen LogP) is 11.9. The maximum atomic E-state index is 8.63. The van der Waals surface area contributed by atoms with E-state index in [2.05, 4.69) is 38.2 Å². The quantitative estimate of drug-likeness (QED) is 0.0660. The molecule has 0 heterocycles. The second-order valence-corrected chi connectivity index (χ2v) is 10.4. The van der Waals surface area contributed by atoms with Gasteiger partial charge in [-0.05, 0) is 38.5 Å². The first-order valence-corrected chi connectivity index (χ1v) is 16.0. The monoisotopic (exact) mass is 507 g/mol. The standard InChI is InChI=1S/C18H36O.C16H30O/c1-2-3-4-5-6-7-8-9-10-11-12-13-14-15-16-17-18-19;1-2-3-4-5-6-7-8-9-10-11-12-13-14-15-16-17/h17-19H,2-16H2,1H3;4-7,17H,2-3,8-16H2,1H3/b;5-4-,7-6+. The Bertz CT molecular complexity index is 438. The normalized spacial score (nSPS) is 11.6. The van der Waals surface area contributed by atoms with E-state index >= 15 is 0 Å². The lowest BCUT2D eigenvalue weighted by Gasteiger charge is -2.02. The summed E-state index contributed by atoms with van der Waals surface area (Å²) < 4.78 is 0. The lowest BCUT2D eigenvalue weighted by molar-refractivity contribution is 0.282. The van der Waals surface area contributed by atoms with Crippen molar-refractivity contribution in [3.8, 4) is 0 Å². The molecule has 36 heavy (non-hydrogen) atoms. The zero-order chi connectivity index (χ0) is 26.6. The summed E-state index contributed by atoms with van der Waals surface area (Å²) in [6.45, 7) is 4.84. The Morgan fingerprint density at radius 1 is 0.389 bits per heavy atom. The molecule has 0 aliphatic carbocycles. The summed E-state index contributed by atoms with van der Waals surface area (Å²) in [4.78, 5) is 0. The summed E-state index contributed by atoms with van der Waals surface area (Å²) in [5.74, 6) is 0. The SMILES string of the molecule is CCC/C=C\C=C\CCCCCCCCCO.CCCCCCCCCCCCCCCCC=CO. The Labute approximate surface area is 227 Å². The van der Waals surface area contributed by atoms with Crippen LogP contribution in [0.4, 0.5) is 0 Å². The minimum absolute atomic E-state index is 0.357. The van der Waals surface area contributed by atoms with Crippen LogP contribution in [0.1, 0.15) is 174 Å². The number of hydrogen-bond donors (Lipinski definition) is 2. The summed E-state index contributed by atoms with van der Waals surface area (Å²) >= 11 is 0. The summed E-state index contributed by atoms with van der Waals surface area (Å²) in [5.41, 5.74) is 0. The van der Waals surface area contributed by atoms with Crippen LogP contribution in [0.5, 0.6) is 0 Å². The van der Waals surface area contributed by atoms with Crippen molar-refractivity contribution in [3.63, 3.8) is 0 Å². The molecule has 0 aliphatic rings. The molecule has 0 unspecified atom stereocenters. The lowest BCUT2D eigenvalue weighted by atomic mass is 10.0. The van der Waals surface area contributed by atoms with Crippen LogP contribution in [0.2, 0.25) is 0 Å². The largest absolute Gasteiger partial charge is 0.516 e. The van der Waals surface area contributed by atoms with E-state index in [-0.39, 0.29) is 0 Å². The van der Waals surface area contributed by atoms with E-state index in [0.717, 1.165) is 12.8 Å². The molecule has 0 aromatic heterocycles. The van der Waals surface area contributed by atoms with E-state index in [1.54, 1.807) is 0 Å². The van der Waals surface area contributed by atoms with E-state index in [0.29, 0.717) is 6.61 Å². The molecule has 0 atom stereocenters. The Morgan fingerprint density at radius 2 is 0.750 bits per heavy atom. The van der Waals surface area contributed by atoms with E-state index in [9.17, 15) is 0 Å². The summed E-state index contributed by atoms with van der Waals surface area (Å²) in [6, 6.07) is 0. The van der Waals surface area contributed by atoms with Crippen LogP contribution in [0.15, 0.2) is 36.6 Å². The molecule has 0 aliphatic heterocycles. The van der Waals surface area contributed by atoms with Gasteiger partial charge in [0.1, 0.15) is 0 Å². The van der Waals surface area contributed by atoms with Gasteiger partial charge < -0.3 is 10.2 Å². The number of allylic oxidation sites excluding steroid dienone is 5. The average Bonchev–Trinajstić information content (AvgIpc) is 2.89. The number of rotatable bonds is 27. The molecule has 0 rings (SSSR count). The van der Waals surface area contributed by atoms with Crippen LogP contribution in [-0.2, 0) is 0 Å². The third kappa shape index (κ3) is 40.2. The van der Waals surface area contributed by atoms with Gasteiger partial charge in [0.25, 0.3) is 0 Å². The van der Waals surface area contributed by atoms with E-state index in [4.69, 9.17) is 10.2 Å². The molecule has 2 N–H and O–H groups in total. The lowest BCUT2D eigenvalue weighted by Crippen LogP contribution is -1.83. The Morgan fingerprint density at radius 3 is 1.14 bits per heavy atom. The minimum atomic E-state index is 0.357. The second kappa shape index (κ2) is 38.5. The van der Waals surface area contributed by atoms with Gasteiger partial charge in [-0.1, -0.05) is 166 Å². The first kappa shape index (κ1) is 37.1. The van der Waals surface area contributed by atoms with Gasteiger partial charge in [0.05, 0.1) is 6.26 Å². The fourth-order valence-corrected chi connectivity index (χ4v) is 4.31. The van der Waals surface area contributed by atoms with Crippen LogP contribution < -0.4 is 0 Å². The van der Waals surface area contributed by atoms with Gasteiger partial charge in [-0.15, -0.1) is 0 Å². The zero-order valence-corrected chi connectivity index (χ0v) is 24.7. The molecule has 0 aromatic carbocycles. The fourth-order valence-electron chi connectivity index (χ4n) is 4.31. The second-order valence-electron chi connectivity index (χ2n) is 10.4. The van der Waals surface area contributed by atoms with Crippen molar-refractivity contribution in [3.05, 3.63) is 36.6 Å². The molecule has 0 aromatic rings. The first-order chi connectivity index (χ1) is 17.8. The van der Waals surface area contributed by atoms with Crippen LogP contribution in [0, 0.1) is 0 Å². The summed E-state index contributed by atoms with van der Waals surface area (Å²) in [5, 5.41) is 17.1. The van der Waals surface area contributed by atoms with Crippen LogP contribution in [0.25, 0.3) is 0 Å². The van der Waals surface area contributed by atoms with Crippen molar-refractivity contribution in [2.45, 2.75) is 174 Å². The Hall–Kier alpha value is -1.02. The highest BCUT2D eigenvalue weighted by Gasteiger charge is 1.94. The smallest absolute Gasteiger partial charge is 0.0751 e. The molecule has 0 fully saturated rings. The third-order valence-electron chi connectivity index (χ3n) is 6.70. The molecule has 0 spiro atoms. The molecule has 0 saturated heterocycles. The molecule has 2 heteroatoms. The van der Waals surface area contributed by atoms with Gasteiger partial charge in [-0.3, -0.25) is 0 Å².